The van der Waals surface area contributed by atoms with Gasteiger partial charge in [0.05, 0.1) is 0 Å². The van der Waals surface area contributed by atoms with Crippen molar-refractivity contribution in [3.8, 4) is 10.6 Å². The SMILES string of the molecule is CCc1ccc2nc(-c3ccc(C)cc3)sc2n1. The summed E-state index contributed by atoms with van der Waals surface area (Å²) in [5, 5.41) is 1.05. The molecule has 18 heavy (non-hydrogen) atoms. The molecule has 0 bridgehead atoms. The van der Waals surface area contributed by atoms with Gasteiger partial charge in [-0.1, -0.05) is 48.1 Å². The quantitative estimate of drug-likeness (QED) is 0.684. The molecule has 3 rings (SSSR count). The van der Waals surface area contributed by atoms with E-state index in [0.717, 1.165) is 27.5 Å². The summed E-state index contributed by atoms with van der Waals surface area (Å²) in [4.78, 5) is 10.3. The Hall–Kier alpha value is -1.74. The van der Waals surface area contributed by atoms with Crippen molar-refractivity contribution in [3.05, 3.63) is 47.7 Å². The first kappa shape index (κ1) is 11.4. The Morgan fingerprint density at radius 2 is 1.78 bits per heavy atom. The summed E-state index contributed by atoms with van der Waals surface area (Å²) < 4.78 is 0. The van der Waals surface area contributed by atoms with Crippen LogP contribution in [0.5, 0.6) is 0 Å². The van der Waals surface area contributed by atoms with Crippen molar-refractivity contribution in [1.29, 1.82) is 0 Å². The lowest BCUT2D eigenvalue weighted by Crippen LogP contribution is -1.84. The summed E-state index contributed by atoms with van der Waals surface area (Å²) in [5.41, 5.74) is 4.56. The third kappa shape index (κ3) is 2.02. The zero-order valence-corrected chi connectivity index (χ0v) is 11.3. The van der Waals surface area contributed by atoms with E-state index in [2.05, 4.69) is 60.2 Å². The fourth-order valence-electron chi connectivity index (χ4n) is 1.87. The molecule has 0 spiro atoms. The van der Waals surface area contributed by atoms with Crippen molar-refractivity contribution in [2.24, 2.45) is 0 Å². The van der Waals surface area contributed by atoms with Crippen LogP contribution in [0, 0.1) is 6.92 Å². The Kier molecular flexibility index (Phi) is 2.84. The first-order valence-corrected chi connectivity index (χ1v) is 6.91. The average molecular weight is 254 g/mol. The zero-order chi connectivity index (χ0) is 12.5. The number of aromatic nitrogens is 2. The van der Waals surface area contributed by atoms with Crippen molar-refractivity contribution in [2.75, 3.05) is 0 Å². The second-order valence-corrected chi connectivity index (χ2v) is 5.34. The van der Waals surface area contributed by atoms with Gasteiger partial charge in [0.2, 0.25) is 0 Å². The van der Waals surface area contributed by atoms with Crippen LogP contribution < -0.4 is 0 Å². The Labute approximate surface area is 110 Å². The Balaban J connectivity index is 2.10. The predicted molar refractivity (Wildman–Crippen MR) is 77.0 cm³/mol. The highest BCUT2D eigenvalue weighted by Gasteiger charge is 2.07. The van der Waals surface area contributed by atoms with Crippen LogP contribution in [0.15, 0.2) is 36.4 Å². The summed E-state index contributed by atoms with van der Waals surface area (Å²) >= 11 is 1.66. The lowest BCUT2D eigenvalue weighted by molar-refractivity contribution is 1.06. The van der Waals surface area contributed by atoms with Gasteiger partial charge in [-0.3, -0.25) is 0 Å². The van der Waals surface area contributed by atoms with Gasteiger partial charge in [0.15, 0.2) is 0 Å². The van der Waals surface area contributed by atoms with E-state index in [0.29, 0.717) is 0 Å². The van der Waals surface area contributed by atoms with E-state index in [9.17, 15) is 0 Å². The molecule has 0 radical (unpaired) electrons. The van der Waals surface area contributed by atoms with Crippen LogP contribution in [0.4, 0.5) is 0 Å². The molecule has 0 unspecified atom stereocenters. The maximum absolute atomic E-state index is 4.64. The van der Waals surface area contributed by atoms with Gasteiger partial charge >= 0.3 is 0 Å². The van der Waals surface area contributed by atoms with Gasteiger partial charge in [0, 0.05) is 11.3 Å². The lowest BCUT2D eigenvalue weighted by Gasteiger charge is -1.95. The third-order valence-electron chi connectivity index (χ3n) is 2.97. The molecular formula is C15H14N2S. The van der Waals surface area contributed by atoms with Crippen LogP contribution >= 0.6 is 11.3 Å². The first-order valence-electron chi connectivity index (χ1n) is 6.10. The standard InChI is InChI=1S/C15H14N2S/c1-3-12-8-9-13-15(16-12)18-14(17-13)11-6-4-10(2)5-7-11/h4-9H,3H2,1-2H3. The van der Waals surface area contributed by atoms with Crippen molar-refractivity contribution in [3.63, 3.8) is 0 Å². The number of thiazole rings is 1. The molecule has 3 heteroatoms. The second-order valence-electron chi connectivity index (χ2n) is 4.37. The molecule has 0 fully saturated rings. The molecule has 90 valence electrons. The first-order chi connectivity index (χ1) is 8.76. The molecule has 2 aromatic heterocycles. The maximum Gasteiger partial charge on any atom is 0.144 e. The molecule has 0 N–H and O–H groups in total. The average Bonchev–Trinajstić information content (AvgIpc) is 2.82. The van der Waals surface area contributed by atoms with E-state index in [1.165, 1.54) is 11.1 Å². The third-order valence-corrected chi connectivity index (χ3v) is 3.99. The highest BCUT2D eigenvalue weighted by molar-refractivity contribution is 7.21. The number of rotatable bonds is 2. The molecule has 1 aromatic carbocycles. The summed E-state index contributed by atoms with van der Waals surface area (Å²) in [6.45, 7) is 4.22. The van der Waals surface area contributed by atoms with E-state index in [1.807, 2.05) is 0 Å². The van der Waals surface area contributed by atoms with Crippen LogP contribution in [0.1, 0.15) is 18.2 Å². The van der Waals surface area contributed by atoms with Gasteiger partial charge in [0.1, 0.15) is 15.4 Å². The van der Waals surface area contributed by atoms with Crippen molar-refractivity contribution < 1.29 is 0 Å². The van der Waals surface area contributed by atoms with Gasteiger partial charge in [-0.05, 0) is 25.5 Å². The minimum absolute atomic E-state index is 0.966. The van der Waals surface area contributed by atoms with Crippen LogP contribution in [-0.2, 0) is 6.42 Å². The minimum Gasteiger partial charge on any atom is -0.240 e. The van der Waals surface area contributed by atoms with Crippen LogP contribution in [-0.4, -0.2) is 9.97 Å². The molecule has 0 saturated carbocycles. The van der Waals surface area contributed by atoms with Crippen molar-refractivity contribution in [2.45, 2.75) is 20.3 Å². The highest BCUT2D eigenvalue weighted by Crippen LogP contribution is 2.29. The van der Waals surface area contributed by atoms with Gasteiger partial charge in [-0.25, -0.2) is 9.97 Å². The van der Waals surface area contributed by atoms with Gasteiger partial charge < -0.3 is 0 Å². The van der Waals surface area contributed by atoms with E-state index in [-0.39, 0.29) is 0 Å². The second kappa shape index (κ2) is 4.50. The fraction of sp³-hybridized carbons (Fsp3) is 0.200. The topological polar surface area (TPSA) is 25.8 Å². The normalized spacial score (nSPS) is 11.0. The number of pyridine rings is 1. The van der Waals surface area contributed by atoms with Crippen LogP contribution in [0.2, 0.25) is 0 Å². The molecule has 0 saturated heterocycles. The Morgan fingerprint density at radius 3 is 2.50 bits per heavy atom. The summed E-state index contributed by atoms with van der Waals surface area (Å²) in [7, 11) is 0. The van der Waals surface area contributed by atoms with Gasteiger partial charge in [0.25, 0.3) is 0 Å². The molecule has 0 amide bonds. The molecule has 2 nitrogen and oxygen atoms in total. The van der Waals surface area contributed by atoms with E-state index < -0.39 is 0 Å². The van der Waals surface area contributed by atoms with Crippen LogP contribution in [0.25, 0.3) is 20.9 Å². The van der Waals surface area contributed by atoms with Crippen LogP contribution in [0.3, 0.4) is 0 Å². The number of hydrogen-bond acceptors (Lipinski definition) is 3. The summed E-state index contributed by atoms with van der Waals surface area (Å²) in [5.74, 6) is 0. The summed E-state index contributed by atoms with van der Waals surface area (Å²) in [6, 6.07) is 12.6. The largest absolute Gasteiger partial charge is 0.240 e. The molecule has 2 heterocycles. The molecule has 0 atom stereocenters. The maximum atomic E-state index is 4.64. The molecule has 3 aromatic rings. The highest BCUT2D eigenvalue weighted by atomic mass is 32.1. The van der Waals surface area contributed by atoms with E-state index in [1.54, 1.807) is 11.3 Å². The van der Waals surface area contributed by atoms with E-state index in [4.69, 9.17) is 0 Å². The number of fused-ring (bicyclic) bond motifs is 1. The molecule has 0 aliphatic rings. The lowest BCUT2D eigenvalue weighted by atomic mass is 10.2. The van der Waals surface area contributed by atoms with Gasteiger partial charge in [-0.15, -0.1) is 0 Å². The molecule has 0 aliphatic carbocycles. The number of nitrogens with zero attached hydrogens (tertiary/aromatic N) is 2. The number of hydrogen-bond donors (Lipinski definition) is 0. The minimum atomic E-state index is 0.966. The Morgan fingerprint density at radius 1 is 1.00 bits per heavy atom. The summed E-state index contributed by atoms with van der Waals surface area (Å²) in [6.07, 6.45) is 0.966. The van der Waals surface area contributed by atoms with Crippen molar-refractivity contribution >= 4 is 21.7 Å². The Bertz CT molecular complexity index is 683. The van der Waals surface area contributed by atoms with Gasteiger partial charge in [-0.2, -0.15) is 0 Å². The smallest absolute Gasteiger partial charge is 0.144 e. The monoisotopic (exact) mass is 254 g/mol. The zero-order valence-electron chi connectivity index (χ0n) is 10.5. The molecule has 0 aliphatic heterocycles. The predicted octanol–water partition coefficient (Wildman–Crippen LogP) is 4.23. The fourth-order valence-corrected chi connectivity index (χ4v) is 2.83. The van der Waals surface area contributed by atoms with Crippen molar-refractivity contribution in [1.82, 2.24) is 9.97 Å². The number of aryl methyl sites for hydroxylation is 2. The number of benzene rings is 1. The molecular weight excluding hydrogens is 240 g/mol. The van der Waals surface area contributed by atoms with E-state index >= 15 is 0 Å².